The van der Waals surface area contributed by atoms with Gasteiger partial charge in [-0.3, -0.25) is 0 Å². The number of halogens is 22. The van der Waals surface area contributed by atoms with E-state index in [-0.39, 0.29) is 40.7 Å². The lowest BCUT2D eigenvalue weighted by Crippen LogP contribution is -2.71. The van der Waals surface area contributed by atoms with Gasteiger partial charge in [-0.2, -0.15) is 70.2 Å². The minimum absolute atomic E-state index is 0.144. The molecule has 0 aliphatic carbocycles. The van der Waals surface area contributed by atoms with Gasteiger partial charge in [-0.15, -0.1) is 0 Å². The van der Waals surface area contributed by atoms with Crippen LogP contribution in [0.1, 0.15) is 95.4 Å². The number of nitrogens with one attached hydrogen (secondary N) is 2. The number of alkyl halides is 22. The van der Waals surface area contributed by atoms with Crippen LogP contribution in [-0.2, 0) is 33.2 Å². The van der Waals surface area contributed by atoms with Gasteiger partial charge in [-0.25, -0.2) is 35.9 Å². The number of amides is 2. The molecule has 0 aromatic heterocycles. The van der Waals surface area contributed by atoms with E-state index in [0.717, 1.165) is 0 Å². The second kappa shape index (κ2) is 22.8. The molecule has 0 saturated carbocycles. The number of hydrogen-bond donors (Lipinski definition) is 2. The van der Waals surface area contributed by atoms with Crippen LogP contribution in [0.5, 0.6) is 0 Å². The summed E-state index contributed by atoms with van der Waals surface area (Å²) in [5.41, 5.74) is -44.1. The lowest BCUT2D eigenvalue weighted by molar-refractivity contribution is -0.444. The Morgan fingerprint density at radius 3 is 1.07 bits per heavy atom. The van der Waals surface area contributed by atoms with Crippen LogP contribution < -0.4 is 10.6 Å². The molecule has 0 aliphatic rings. The molecule has 2 N–H and O–H groups in total. The average Bonchev–Trinajstić information content (AvgIpc) is 3.15. The number of hydrogen-bond acceptors (Lipinski definition) is 9. The molecule has 436 valence electrons. The number of ether oxygens (including phenoxy) is 7. The molecule has 0 aliphatic heterocycles. The lowest BCUT2D eigenvalue weighted by atomic mass is 9.84. The van der Waals surface area contributed by atoms with Crippen molar-refractivity contribution in [2.75, 3.05) is 40.6 Å². The van der Waals surface area contributed by atoms with E-state index < -0.39 is 178 Å². The summed E-state index contributed by atoms with van der Waals surface area (Å²) in [5, 5.41) is 3.59. The first-order valence-corrected chi connectivity index (χ1v) is 21.0. The number of carbonyl (C=O) groups is 2. The van der Waals surface area contributed by atoms with Crippen LogP contribution in [0.4, 0.5) is 106 Å². The van der Waals surface area contributed by atoms with Gasteiger partial charge < -0.3 is 43.8 Å². The van der Waals surface area contributed by atoms with Crippen LogP contribution in [-0.4, -0.2) is 159 Å². The summed E-state index contributed by atoms with van der Waals surface area (Å²) in [7, 11) is 2.42. The lowest BCUT2D eigenvalue weighted by Gasteiger charge is -2.46. The monoisotopic (exact) mass is 1130 g/mol. The van der Waals surface area contributed by atoms with Crippen LogP contribution in [0, 0.1) is 0 Å². The largest absolute Gasteiger partial charge is 0.446 e. The normalized spacial score (nSPS) is 19.1. The van der Waals surface area contributed by atoms with Gasteiger partial charge >= 0.3 is 60.4 Å². The van der Waals surface area contributed by atoms with Crippen molar-refractivity contribution in [3.63, 3.8) is 0 Å². The summed E-state index contributed by atoms with van der Waals surface area (Å²) in [6.07, 6.45) is -47.3. The van der Waals surface area contributed by atoms with Gasteiger partial charge in [0.25, 0.3) is 11.3 Å². The van der Waals surface area contributed by atoms with Crippen LogP contribution in [0.25, 0.3) is 0 Å². The van der Waals surface area contributed by atoms with E-state index in [1.807, 2.05) is 0 Å². The van der Waals surface area contributed by atoms with Crippen LogP contribution in [0.2, 0.25) is 0 Å². The van der Waals surface area contributed by atoms with Gasteiger partial charge in [-0.1, -0.05) is 13.3 Å². The summed E-state index contributed by atoms with van der Waals surface area (Å²) in [6.45, 7) is -5.37. The number of carbonyl (C=O) groups excluding carboxylic acids is 2. The van der Waals surface area contributed by atoms with Gasteiger partial charge in [-0.05, 0) is 82.1 Å². The zero-order valence-corrected chi connectivity index (χ0v) is 41.2. The smallest absolute Gasteiger partial charge is 0.434 e. The van der Waals surface area contributed by atoms with Crippen molar-refractivity contribution in [1.82, 2.24) is 10.6 Å². The molecule has 0 bridgehead atoms. The first kappa shape index (κ1) is 69.8. The van der Waals surface area contributed by atoms with Gasteiger partial charge in [0.15, 0.2) is 11.3 Å². The molecule has 33 heteroatoms. The van der Waals surface area contributed by atoms with Crippen molar-refractivity contribution in [3.8, 4) is 0 Å². The van der Waals surface area contributed by atoms with E-state index >= 15 is 26.3 Å². The summed E-state index contributed by atoms with van der Waals surface area (Å²) in [5.74, 6) is 0. The van der Waals surface area contributed by atoms with Gasteiger partial charge in [0.1, 0.15) is 30.5 Å². The van der Waals surface area contributed by atoms with Crippen LogP contribution >= 0.6 is 0 Å². The maximum Gasteiger partial charge on any atom is 0.434 e. The molecule has 0 aromatic carbocycles. The van der Waals surface area contributed by atoms with E-state index in [4.69, 9.17) is 14.2 Å². The maximum absolute atomic E-state index is 16.1. The van der Waals surface area contributed by atoms with Crippen molar-refractivity contribution in [3.05, 3.63) is 0 Å². The molecule has 0 aromatic rings. The molecule has 11 nitrogen and oxygen atoms in total. The maximum atomic E-state index is 16.1. The highest BCUT2D eigenvalue weighted by Gasteiger charge is 2.84. The molecule has 0 radical (unpaired) electrons. The second-order valence-corrected chi connectivity index (χ2v) is 19.1. The number of rotatable bonds is 27. The fraction of sp³-hybridized carbons (Fsp3) is 0.950. The predicted molar refractivity (Wildman–Crippen MR) is 209 cm³/mol. The highest BCUT2D eigenvalue weighted by molar-refractivity contribution is 5.69. The number of alkyl carbamates (subject to hydrolysis) is 2. The second-order valence-electron chi connectivity index (χ2n) is 19.1. The molecule has 0 rings (SSSR count). The minimum Gasteiger partial charge on any atom is -0.446 e. The standard InChI is InChI=1S/C40H58F22N2O9/c1-14-15-22(63-24(65)69-19-31(43,35(47,48)49)29(8,9)72-39(59,60)33(45,27(4,5)41)37(53,54)55)23(16-26(2,3)71-18-21(68-13)17-67-12)64-25(66)70-20-32(44,36(50,51)52)30(10,11)73-40(61,62)34(46,28(6,7)42)38(56,57)58/h21-23H,14-20H2,1-13H3,(H,63,65)(H,64,66). The molecule has 2 amide bonds. The predicted octanol–water partition coefficient (Wildman–Crippen LogP) is 12.2. The average molecular weight is 1130 g/mol. The molecular formula is C40H58F22N2O9. The first-order chi connectivity index (χ1) is 31.9. The molecule has 0 spiro atoms. The molecule has 0 fully saturated rings. The van der Waals surface area contributed by atoms with E-state index in [9.17, 15) is 79.8 Å². The Bertz CT molecular complexity index is 1770. The van der Waals surface area contributed by atoms with Crippen molar-refractivity contribution < 1.29 is 139 Å². The number of methoxy groups -OCH3 is 2. The van der Waals surface area contributed by atoms with Gasteiger partial charge in [0.2, 0.25) is 0 Å². The van der Waals surface area contributed by atoms with Gasteiger partial charge in [0, 0.05) is 14.2 Å². The highest BCUT2D eigenvalue weighted by Crippen LogP contribution is 2.58. The third kappa shape index (κ3) is 15.3. The third-order valence-electron chi connectivity index (χ3n) is 11.3. The quantitative estimate of drug-likeness (QED) is 0.0774. The fourth-order valence-corrected chi connectivity index (χ4v) is 6.81. The first-order valence-electron chi connectivity index (χ1n) is 21.0. The fourth-order valence-electron chi connectivity index (χ4n) is 6.81. The SMILES string of the molecule is CCCC(NC(=O)OCC(F)(C(F)(F)F)C(C)(C)OC(F)(F)C(F)(C(C)(C)F)C(F)(F)F)C(CC(C)(C)OCC(COC)OC)NC(=O)OCC(F)(C(F)(F)F)C(C)(C)OC(F)(F)C(F)(C(C)(C)F)C(F)(F)F. The zero-order chi connectivity index (χ0) is 58.7. The molecule has 73 heavy (non-hydrogen) atoms. The molecular weight excluding hydrogens is 1070 g/mol. The van der Waals surface area contributed by atoms with Crippen molar-refractivity contribution >= 4 is 12.2 Å². The summed E-state index contributed by atoms with van der Waals surface area (Å²) in [6, 6.07) is -3.84. The Kier molecular flexibility index (Phi) is 21.8. The topological polar surface area (TPSA) is 123 Å². The van der Waals surface area contributed by atoms with Crippen molar-refractivity contribution in [2.24, 2.45) is 0 Å². The minimum atomic E-state index is -6.96. The van der Waals surface area contributed by atoms with Crippen LogP contribution in [0.15, 0.2) is 0 Å². The highest BCUT2D eigenvalue weighted by atomic mass is 19.4. The summed E-state index contributed by atoms with van der Waals surface area (Å²) < 4.78 is 350. The Balaban J connectivity index is 7.32. The Morgan fingerprint density at radius 2 is 0.808 bits per heavy atom. The Labute approximate surface area is 404 Å². The van der Waals surface area contributed by atoms with Crippen molar-refractivity contribution in [1.29, 1.82) is 0 Å². The van der Waals surface area contributed by atoms with E-state index in [1.165, 1.54) is 35.0 Å². The van der Waals surface area contributed by atoms with Crippen molar-refractivity contribution in [2.45, 2.75) is 201 Å². The van der Waals surface area contributed by atoms with E-state index in [2.05, 4.69) is 18.9 Å². The summed E-state index contributed by atoms with van der Waals surface area (Å²) >= 11 is 0. The zero-order valence-electron chi connectivity index (χ0n) is 41.2. The Morgan fingerprint density at radius 1 is 0.479 bits per heavy atom. The van der Waals surface area contributed by atoms with E-state index in [1.54, 1.807) is 10.6 Å². The summed E-state index contributed by atoms with van der Waals surface area (Å²) in [4.78, 5) is 26.3. The van der Waals surface area contributed by atoms with E-state index in [0.29, 0.717) is 0 Å². The molecule has 7 unspecified atom stereocenters. The van der Waals surface area contributed by atoms with Crippen LogP contribution in [0.3, 0.4) is 0 Å². The Hall–Kier alpha value is -3.20. The molecule has 0 heterocycles. The molecule has 7 atom stereocenters. The third-order valence-corrected chi connectivity index (χ3v) is 11.3. The molecule has 0 saturated heterocycles. The van der Waals surface area contributed by atoms with Gasteiger partial charge in [0.05, 0.1) is 30.9 Å².